The third-order valence-corrected chi connectivity index (χ3v) is 2.90. The van der Waals surface area contributed by atoms with Gasteiger partial charge in [-0.2, -0.15) is 0 Å². The number of aliphatic hydroxyl groups excluding tert-OH is 3. The zero-order valence-corrected chi connectivity index (χ0v) is 10.2. The van der Waals surface area contributed by atoms with Crippen molar-refractivity contribution in [3.63, 3.8) is 0 Å². The zero-order valence-electron chi connectivity index (χ0n) is 10.2. The maximum Gasteiger partial charge on any atom is 0.335 e. The summed E-state index contributed by atoms with van der Waals surface area (Å²) in [6.07, 6.45) is -8.27. The van der Waals surface area contributed by atoms with E-state index in [1.807, 2.05) is 0 Å². The average molecular weight is 286 g/mol. The maximum absolute atomic E-state index is 10.9. The largest absolute Gasteiger partial charge is 0.508 e. The van der Waals surface area contributed by atoms with Crippen molar-refractivity contribution in [2.45, 2.75) is 30.7 Å². The molecule has 5 N–H and O–H groups in total. The van der Waals surface area contributed by atoms with Crippen LogP contribution in [0.25, 0.3) is 0 Å². The highest BCUT2D eigenvalue weighted by molar-refractivity contribution is 5.73. The Labute approximate surface area is 113 Å². The molecule has 2 rings (SSSR count). The topological polar surface area (TPSA) is 137 Å². The minimum Gasteiger partial charge on any atom is -0.508 e. The minimum absolute atomic E-state index is 0.00123. The summed E-state index contributed by atoms with van der Waals surface area (Å²) < 4.78 is 10.1. The second kappa shape index (κ2) is 5.63. The Balaban J connectivity index is 2.13. The number of hydrogen-bond acceptors (Lipinski definition) is 7. The standard InChI is InChI=1S/C12H14O8/c13-5-1-3-6(4-2-5)19-12-9(16)7(14)8(15)10(20-12)11(17)18/h1-4,7-10,12-16H,(H,17,18)/t7-,8+,9-,10-,12+/m1/s1. The van der Waals surface area contributed by atoms with E-state index in [1.165, 1.54) is 24.3 Å². The fraction of sp³-hybridized carbons (Fsp3) is 0.417. The predicted octanol–water partition coefficient (Wildman–Crippen LogP) is -1.34. The number of aliphatic hydroxyl groups is 3. The van der Waals surface area contributed by atoms with Gasteiger partial charge in [0.15, 0.2) is 6.10 Å². The molecule has 1 aliphatic heterocycles. The molecule has 0 bridgehead atoms. The van der Waals surface area contributed by atoms with Gasteiger partial charge in [0.05, 0.1) is 0 Å². The van der Waals surface area contributed by atoms with E-state index >= 15 is 0 Å². The van der Waals surface area contributed by atoms with Crippen molar-refractivity contribution >= 4 is 5.97 Å². The molecule has 1 heterocycles. The van der Waals surface area contributed by atoms with Gasteiger partial charge in [-0.1, -0.05) is 0 Å². The quantitative estimate of drug-likeness (QED) is 0.460. The molecule has 1 aromatic rings. The smallest absolute Gasteiger partial charge is 0.335 e. The molecule has 20 heavy (non-hydrogen) atoms. The molecule has 0 amide bonds. The van der Waals surface area contributed by atoms with Crippen molar-refractivity contribution in [3.05, 3.63) is 24.3 Å². The lowest BCUT2D eigenvalue weighted by atomic mass is 9.99. The Bertz CT molecular complexity index is 473. The third kappa shape index (κ3) is 2.83. The van der Waals surface area contributed by atoms with Gasteiger partial charge in [-0.05, 0) is 24.3 Å². The lowest BCUT2D eigenvalue weighted by Crippen LogP contribution is -2.61. The summed E-state index contributed by atoms with van der Waals surface area (Å²) in [5, 5.41) is 46.8. The van der Waals surface area contributed by atoms with Crippen LogP contribution in [0, 0.1) is 0 Å². The van der Waals surface area contributed by atoms with Crippen LogP contribution >= 0.6 is 0 Å². The molecule has 110 valence electrons. The third-order valence-electron chi connectivity index (χ3n) is 2.90. The summed E-state index contributed by atoms with van der Waals surface area (Å²) in [4.78, 5) is 10.9. The van der Waals surface area contributed by atoms with E-state index in [-0.39, 0.29) is 11.5 Å². The van der Waals surface area contributed by atoms with Crippen molar-refractivity contribution in [1.82, 2.24) is 0 Å². The van der Waals surface area contributed by atoms with E-state index in [0.717, 1.165) is 0 Å². The first kappa shape index (κ1) is 14.5. The fourth-order valence-electron chi connectivity index (χ4n) is 1.81. The van der Waals surface area contributed by atoms with Gasteiger partial charge in [-0.3, -0.25) is 0 Å². The van der Waals surface area contributed by atoms with Crippen LogP contribution in [0.1, 0.15) is 0 Å². The summed E-state index contributed by atoms with van der Waals surface area (Å²) >= 11 is 0. The number of phenols is 1. The van der Waals surface area contributed by atoms with Crippen molar-refractivity contribution in [1.29, 1.82) is 0 Å². The van der Waals surface area contributed by atoms with E-state index in [9.17, 15) is 20.1 Å². The Morgan fingerprint density at radius 1 is 1.05 bits per heavy atom. The number of hydrogen-bond donors (Lipinski definition) is 5. The summed E-state index contributed by atoms with van der Waals surface area (Å²) in [6, 6.07) is 5.40. The summed E-state index contributed by atoms with van der Waals surface area (Å²) in [7, 11) is 0. The highest BCUT2D eigenvalue weighted by Gasteiger charge is 2.48. The van der Waals surface area contributed by atoms with Gasteiger partial charge in [0, 0.05) is 0 Å². The first-order chi connectivity index (χ1) is 9.40. The van der Waals surface area contributed by atoms with Crippen LogP contribution in [0.5, 0.6) is 11.5 Å². The van der Waals surface area contributed by atoms with Gasteiger partial charge in [-0.15, -0.1) is 0 Å². The molecule has 1 fully saturated rings. The number of ether oxygens (including phenoxy) is 2. The minimum atomic E-state index is -1.76. The number of aliphatic carboxylic acids is 1. The van der Waals surface area contributed by atoms with Crippen LogP contribution in [0.3, 0.4) is 0 Å². The Hall–Kier alpha value is -1.87. The molecular formula is C12H14O8. The Morgan fingerprint density at radius 3 is 2.20 bits per heavy atom. The van der Waals surface area contributed by atoms with Crippen LogP contribution in [-0.2, 0) is 9.53 Å². The highest BCUT2D eigenvalue weighted by atomic mass is 16.7. The van der Waals surface area contributed by atoms with E-state index in [4.69, 9.17) is 19.7 Å². The van der Waals surface area contributed by atoms with E-state index in [0.29, 0.717) is 0 Å². The van der Waals surface area contributed by atoms with Gasteiger partial charge in [0.2, 0.25) is 6.29 Å². The fourth-order valence-corrected chi connectivity index (χ4v) is 1.81. The van der Waals surface area contributed by atoms with Crippen LogP contribution in [-0.4, -0.2) is 62.2 Å². The van der Waals surface area contributed by atoms with Gasteiger partial charge < -0.3 is 35.0 Å². The molecule has 0 spiro atoms. The first-order valence-corrected chi connectivity index (χ1v) is 5.78. The van der Waals surface area contributed by atoms with Crippen LogP contribution in [0.4, 0.5) is 0 Å². The average Bonchev–Trinajstić information content (AvgIpc) is 2.41. The number of rotatable bonds is 3. The molecule has 8 nitrogen and oxygen atoms in total. The van der Waals surface area contributed by atoms with Gasteiger partial charge in [0.25, 0.3) is 0 Å². The number of carbonyl (C=O) groups is 1. The molecule has 1 aromatic carbocycles. The van der Waals surface area contributed by atoms with E-state index < -0.39 is 36.7 Å². The summed E-state index contributed by atoms with van der Waals surface area (Å²) in [5.74, 6) is -1.29. The monoisotopic (exact) mass is 286 g/mol. The number of carboxylic acids is 1. The predicted molar refractivity (Wildman–Crippen MR) is 63.1 cm³/mol. The molecular weight excluding hydrogens is 272 g/mol. The Morgan fingerprint density at radius 2 is 1.65 bits per heavy atom. The van der Waals surface area contributed by atoms with Gasteiger partial charge in [0.1, 0.15) is 29.8 Å². The molecule has 0 aliphatic carbocycles. The van der Waals surface area contributed by atoms with Gasteiger partial charge >= 0.3 is 5.97 Å². The van der Waals surface area contributed by atoms with E-state index in [2.05, 4.69) is 0 Å². The zero-order chi connectivity index (χ0) is 14.9. The van der Waals surface area contributed by atoms with Gasteiger partial charge in [-0.25, -0.2) is 4.79 Å². The molecule has 0 radical (unpaired) electrons. The molecule has 0 aromatic heterocycles. The number of carboxylic acid groups (broad SMARTS) is 1. The molecule has 0 unspecified atom stereocenters. The second-order valence-corrected chi connectivity index (χ2v) is 4.35. The highest BCUT2D eigenvalue weighted by Crippen LogP contribution is 2.25. The second-order valence-electron chi connectivity index (χ2n) is 4.35. The SMILES string of the molecule is O=C(O)[C@@H]1O[C@H](Oc2ccc(O)cc2)[C@H](O)[C@H](O)[C@@H]1O. The van der Waals surface area contributed by atoms with E-state index in [1.54, 1.807) is 0 Å². The van der Waals surface area contributed by atoms with Crippen molar-refractivity contribution < 1.29 is 39.8 Å². The molecule has 1 aliphatic rings. The molecule has 5 atom stereocenters. The summed E-state index contributed by atoms with van der Waals surface area (Å²) in [5.41, 5.74) is 0. The Kier molecular flexibility index (Phi) is 4.09. The molecule has 8 heteroatoms. The first-order valence-electron chi connectivity index (χ1n) is 5.78. The molecule has 0 saturated carbocycles. The van der Waals surface area contributed by atoms with Crippen molar-refractivity contribution in [3.8, 4) is 11.5 Å². The van der Waals surface area contributed by atoms with Crippen LogP contribution in [0.2, 0.25) is 0 Å². The normalized spacial score (nSPS) is 33.6. The summed E-state index contributed by atoms with van der Waals surface area (Å²) in [6.45, 7) is 0. The lowest BCUT2D eigenvalue weighted by molar-refractivity contribution is -0.271. The van der Waals surface area contributed by atoms with Crippen LogP contribution < -0.4 is 4.74 Å². The van der Waals surface area contributed by atoms with Crippen LogP contribution in [0.15, 0.2) is 24.3 Å². The maximum atomic E-state index is 10.9. The number of phenolic OH excluding ortho intramolecular Hbond substituents is 1. The molecule has 1 saturated heterocycles. The van der Waals surface area contributed by atoms with Crippen molar-refractivity contribution in [2.24, 2.45) is 0 Å². The lowest BCUT2D eigenvalue weighted by Gasteiger charge is -2.38. The number of benzene rings is 1. The number of aromatic hydroxyl groups is 1. The van der Waals surface area contributed by atoms with Crippen molar-refractivity contribution in [2.75, 3.05) is 0 Å².